The van der Waals surface area contributed by atoms with E-state index < -0.39 is 7.81 Å². The maximum absolute atomic E-state index is 10.7. The van der Waals surface area contributed by atoms with E-state index in [1.54, 1.807) is 0 Å². The molecule has 0 aromatic heterocycles. The molecule has 1 aliphatic rings. The van der Waals surface area contributed by atoms with Crippen LogP contribution in [0.2, 0.25) is 0 Å². The van der Waals surface area contributed by atoms with Crippen LogP contribution in [0.25, 0.3) is 0 Å². The van der Waals surface area contributed by atoms with Gasteiger partial charge in [-0.2, -0.15) is 0 Å². The van der Waals surface area contributed by atoms with Gasteiger partial charge >= 0.3 is 33.0 Å². The molecule has 0 amide bonds. The van der Waals surface area contributed by atoms with E-state index in [4.69, 9.17) is 0 Å². The maximum Gasteiger partial charge on any atom is 0 e. The van der Waals surface area contributed by atoms with Crippen molar-refractivity contribution in [2.75, 3.05) is 0 Å². The zero-order valence-corrected chi connectivity index (χ0v) is 18.5. The molecule has 8 heteroatoms. The van der Waals surface area contributed by atoms with Gasteiger partial charge < -0.3 is 29.7 Å². The molecule has 0 aromatic rings. The molecule has 0 heterocycles. The number of rotatable bonds is 0. The predicted molar refractivity (Wildman–Crippen MR) is 84.9 cm³/mol. The summed E-state index contributed by atoms with van der Waals surface area (Å²) in [5, 5.41) is 0. The van der Waals surface area contributed by atoms with Crippen molar-refractivity contribution in [3.63, 3.8) is 0 Å². The van der Waals surface area contributed by atoms with Crippen LogP contribution in [0.3, 0.4) is 0 Å². The van der Waals surface area contributed by atoms with Gasteiger partial charge in [0, 0.05) is 27.0 Å². The summed E-state index contributed by atoms with van der Waals surface area (Å²) in [6.07, 6.45) is 0. The fourth-order valence-corrected chi connectivity index (χ4v) is 1.41. The van der Waals surface area contributed by atoms with Gasteiger partial charge in [0.25, 0.3) is 0 Å². The molecule has 0 fully saturated rings. The van der Waals surface area contributed by atoms with Gasteiger partial charge in [-0.1, -0.05) is 18.1 Å². The normalized spacial score (nSPS) is 17.0. The van der Waals surface area contributed by atoms with Crippen LogP contribution in [0.4, 0.5) is 25.2 Å². The standard InChI is InChI=1S/C10H15.4CH3.F6P.W/c1-6-7(2)9(4)10(5)8(6)3;;;;;1-7(2,3,4,5)6;/h1-5H3;4*1H3;;/q;5*-1;. The molecule has 0 bridgehead atoms. The Labute approximate surface area is 146 Å². The van der Waals surface area contributed by atoms with Crippen LogP contribution in [0.1, 0.15) is 34.6 Å². The summed E-state index contributed by atoms with van der Waals surface area (Å²) in [6.45, 7) is 11.0. The first-order valence-electron chi connectivity index (χ1n) is 4.76. The first kappa shape index (κ1) is 38.0. The van der Waals surface area contributed by atoms with Gasteiger partial charge in [0.15, 0.2) is 0 Å². The summed E-state index contributed by atoms with van der Waals surface area (Å²) in [5.74, 6) is 1.47. The molecule has 0 N–H and O–H groups in total. The molecule has 0 aromatic carbocycles. The molecular formula is C14H27F6PW-5. The van der Waals surface area contributed by atoms with Gasteiger partial charge in [0.05, 0.1) is 0 Å². The minimum atomic E-state index is -10.7. The van der Waals surface area contributed by atoms with E-state index in [0.717, 1.165) is 0 Å². The van der Waals surface area contributed by atoms with E-state index in [-0.39, 0.29) is 50.8 Å². The molecule has 0 saturated heterocycles. The van der Waals surface area contributed by atoms with E-state index >= 15 is 0 Å². The fraction of sp³-hybridized carbons (Fsp3) is 0.357. The van der Waals surface area contributed by atoms with Gasteiger partial charge in [-0.15, -0.1) is 0 Å². The van der Waals surface area contributed by atoms with Crippen LogP contribution < -0.4 is 0 Å². The molecule has 0 saturated carbocycles. The Morgan fingerprint density at radius 3 is 0.682 bits per heavy atom. The Kier molecular flexibility index (Phi) is 16.4. The second-order valence-corrected chi connectivity index (χ2v) is 6.00. The molecular weight excluding hydrogens is 497 g/mol. The van der Waals surface area contributed by atoms with Gasteiger partial charge in [-0.25, -0.2) is 0 Å². The smallest absolute Gasteiger partial charge is 0 e. The number of hydrogen-bond acceptors (Lipinski definition) is 0. The summed E-state index contributed by atoms with van der Waals surface area (Å²) >= 11 is 0. The maximum atomic E-state index is 9.87. The Morgan fingerprint density at radius 1 is 0.500 bits per heavy atom. The third-order valence-corrected chi connectivity index (χ3v) is 2.81. The first-order valence-corrected chi connectivity index (χ1v) is 6.79. The Balaban J connectivity index is -0.0000000493. The summed E-state index contributed by atoms with van der Waals surface area (Å²) < 4.78 is 59.2. The van der Waals surface area contributed by atoms with Gasteiger partial charge in [-0.05, 0) is 38.8 Å². The van der Waals surface area contributed by atoms with Crippen LogP contribution in [0.5, 0.6) is 0 Å². The zero-order valence-electron chi connectivity index (χ0n) is 14.6. The molecule has 1 radical (unpaired) electrons. The molecule has 0 atom stereocenters. The van der Waals surface area contributed by atoms with Crippen molar-refractivity contribution in [2.45, 2.75) is 34.6 Å². The number of hydrogen-bond donors (Lipinski definition) is 0. The SMILES string of the molecule is C[C]1C(C)=C(C)C(C)=C1C.F[P-](F)(F)(F)(F)F.[CH3-].[CH3-].[CH3-].[CH3-].[W]. The van der Waals surface area contributed by atoms with Crippen molar-refractivity contribution in [3.05, 3.63) is 57.9 Å². The summed E-state index contributed by atoms with van der Waals surface area (Å²) in [6, 6.07) is 0. The van der Waals surface area contributed by atoms with E-state index in [0.29, 0.717) is 0 Å². The van der Waals surface area contributed by atoms with Crippen molar-refractivity contribution in [2.24, 2.45) is 0 Å². The van der Waals surface area contributed by atoms with Crippen LogP contribution in [-0.2, 0) is 21.1 Å². The van der Waals surface area contributed by atoms with Crippen molar-refractivity contribution in [1.29, 1.82) is 0 Å². The third kappa shape index (κ3) is 18.2. The van der Waals surface area contributed by atoms with Crippen LogP contribution in [0, 0.1) is 35.6 Å². The second-order valence-electron chi connectivity index (χ2n) is 4.08. The largest absolute Gasteiger partial charge is 0.358 e. The quantitative estimate of drug-likeness (QED) is 0.170. The predicted octanol–water partition coefficient (Wildman–Crippen LogP) is 8.45. The Bertz CT molecular complexity index is 356. The molecule has 22 heavy (non-hydrogen) atoms. The summed E-state index contributed by atoms with van der Waals surface area (Å²) in [5.41, 5.74) is 5.87. The Morgan fingerprint density at radius 2 is 0.636 bits per heavy atom. The zero-order chi connectivity index (χ0) is 14.3. The average molecular weight is 524 g/mol. The Hall–Kier alpha value is 0.178. The molecule has 0 spiro atoms. The minimum absolute atomic E-state index is 0. The van der Waals surface area contributed by atoms with E-state index in [1.807, 2.05) is 0 Å². The molecule has 0 nitrogen and oxygen atoms in total. The van der Waals surface area contributed by atoms with Crippen LogP contribution in [0.15, 0.2) is 22.3 Å². The number of halogens is 6. The monoisotopic (exact) mass is 524 g/mol. The van der Waals surface area contributed by atoms with Crippen molar-refractivity contribution in [1.82, 2.24) is 0 Å². The van der Waals surface area contributed by atoms with Gasteiger partial charge in [0.1, 0.15) is 0 Å². The fourth-order valence-electron chi connectivity index (χ4n) is 1.41. The first-order chi connectivity index (χ1) is 7.00. The number of allylic oxidation sites excluding steroid dienone is 4. The third-order valence-electron chi connectivity index (χ3n) is 2.81. The van der Waals surface area contributed by atoms with Gasteiger partial charge in [0.2, 0.25) is 0 Å². The van der Waals surface area contributed by atoms with Gasteiger partial charge in [-0.3, -0.25) is 0 Å². The summed E-state index contributed by atoms with van der Waals surface area (Å²) in [4.78, 5) is 0. The van der Waals surface area contributed by atoms with E-state index in [2.05, 4.69) is 34.6 Å². The average Bonchev–Trinajstić information content (AvgIpc) is 2.18. The van der Waals surface area contributed by atoms with E-state index in [1.165, 1.54) is 28.2 Å². The van der Waals surface area contributed by atoms with Crippen LogP contribution in [-0.4, -0.2) is 0 Å². The second kappa shape index (κ2) is 9.47. The van der Waals surface area contributed by atoms with Crippen molar-refractivity contribution >= 4 is 7.81 Å². The van der Waals surface area contributed by atoms with Crippen molar-refractivity contribution in [3.8, 4) is 0 Å². The topological polar surface area (TPSA) is 0 Å². The molecule has 141 valence electrons. The molecule has 0 aliphatic heterocycles. The van der Waals surface area contributed by atoms with Crippen LogP contribution >= 0.6 is 7.81 Å². The molecule has 1 rings (SSSR count). The van der Waals surface area contributed by atoms with E-state index in [9.17, 15) is 25.2 Å². The van der Waals surface area contributed by atoms with Crippen molar-refractivity contribution < 1.29 is 46.2 Å². The minimum Gasteiger partial charge on any atom is -0.358 e. The molecule has 1 aliphatic carbocycles. The summed E-state index contributed by atoms with van der Waals surface area (Å²) in [7, 11) is -10.7. The molecule has 0 unspecified atom stereocenters.